The minimum atomic E-state index is -0.770. The van der Waals surface area contributed by atoms with Crippen LogP contribution in [0.2, 0.25) is 0 Å². The van der Waals surface area contributed by atoms with Crippen LogP contribution < -0.4 is 0 Å². The quantitative estimate of drug-likeness (QED) is 0.0374. The van der Waals surface area contributed by atoms with Crippen molar-refractivity contribution in [2.24, 2.45) is 0 Å². The minimum absolute atomic E-state index is 0.0661. The molecule has 1 atom stereocenters. The van der Waals surface area contributed by atoms with Crippen LogP contribution in [0.1, 0.15) is 303 Å². The Morgan fingerprint density at radius 3 is 1.02 bits per heavy atom. The first-order chi connectivity index (χ1) is 31.1. The Morgan fingerprint density at radius 2 is 0.667 bits per heavy atom. The van der Waals surface area contributed by atoms with Gasteiger partial charge in [0.15, 0.2) is 6.10 Å². The molecule has 0 rings (SSSR count). The van der Waals surface area contributed by atoms with Crippen molar-refractivity contribution < 1.29 is 24.2 Å². The number of esters is 2. The number of ether oxygens (including phenoxy) is 2. The second-order valence-corrected chi connectivity index (χ2v) is 19.0. The Morgan fingerprint density at radius 1 is 0.365 bits per heavy atom. The van der Waals surface area contributed by atoms with E-state index in [1.54, 1.807) is 0 Å². The number of allylic oxidation sites excluding steroid dienone is 6. The van der Waals surface area contributed by atoms with Gasteiger partial charge in [-0.25, -0.2) is 0 Å². The van der Waals surface area contributed by atoms with E-state index in [4.69, 9.17) is 9.47 Å². The summed E-state index contributed by atoms with van der Waals surface area (Å²) in [5, 5.41) is 9.59. The minimum Gasteiger partial charge on any atom is -0.462 e. The number of carbonyl (C=O) groups excluding carboxylic acids is 2. The molecule has 1 N–H and O–H groups in total. The van der Waals surface area contributed by atoms with E-state index in [0.29, 0.717) is 12.8 Å². The lowest BCUT2D eigenvalue weighted by molar-refractivity contribution is -0.161. The first-order valence-corrected chi connectivity index (χ1v) is 28.0. The zero-order valence-electron chi connectivity index (χ0n) is 42.4. The Labute approximate surface area is 393 Å². The van der Waals surface area contributed by atoms with Gasteiger partial charge in [-0.3, -0.25) is 9.59 Å². The molecule has 0 aliphatic rings. The molecule has 5 heteroatoms. The van der Waals surface area contributed by atoms with Crippen molar-refractivity contribution in [1.29, 1.82) is 0 Å². The third kappa shape index (κ3) is 52.6. The van der Waals surface area contributed by atoms with Crippen molar-refractivity contribution in [3.8, 4) is 0 Å². The number of rotatable bonds is 52. The fourth-order valence-electron chi connectivity index (χ4n) is 8.41. The zero-order chi connectivity index (χ0) is 45.6. The highest BCUT2D eigenvalue weighted by Crippen LogP contribution is 2.17. The first kappa shape index (κ1) is 61.1. The summed E-state index contributed by atoms with van der Waals surface area (Å²) in [5.74, 6) is -0.591. The summed E-state index contributed by atoms with van der Waals surface area (Å²) in [6.45, 7) is 4.08. The van der Waals surface area contributed by atoms with E-state index < -0.39 is 6.10 Å². The molecule has 0 saturated carbocycles. The van der Waals surface area contributed by atoms with Crippen LogP contribution in [-0.2, 0) is 19.1 Å². The van der Waals surface area contributed by atoms with Gasteiger partial charge in [0.05, 0.1) is 6.61 Å². The van der Waals surface area contributed by atoms with Gasteiger partial charge in [-0.2, -0.15) is 0 Å². The Bertz CT molecular complexity index is 1000. The Hall–Kier alpha value is -1.88. The van der Waals surface area contributed by atoms with Gasteiger partial charge >= 0.3 is 11.9 Å². The fraction of sp³-hybridized carbons (Fsp3) is 0.862. The average Bonchev–Trinajstić information content (AvgIpc) is 3.29. The maximum Gasteiger partial charge on any atom is 0.306 e. The summed E-state index contributed by atoms with van der Waals surface area (Å²) in [5.41, 5.74) is 0. The molecule has 370 valence electrons. The van der Waals surface area contributed by atoms with Gasteiger partial charge in [-0.15, -0.1) is 0 Å². The highest BCUT2D eigenvalue weighted by molar-refractivity contribution is 5.70. The van der Waals surface area contributed by atoms with Gasteiger partial charge in [0.25, 0.3) is 0 Å². The van der Waals surface area contributed by atoms with Gasteiger partial charge in [-0.05, 0) is 64.2 Å². The molecule has 0 saturated heterocycles. The van der Waals surface area contributed by atoms with Crippen LogP contribution >= 0.6 is 0 Å². The second kappa shape index (κ2) is 54.5. The molecule has 0 amide bonds. The largest absolute Gasteiger partial charge is 0.462 e. The lowest BCUT2D eigenvalue weighted by Gasteiger charge is -2.15. The van der Waals surface area contributed by atoms with E-state index in [2.05, 4.69) is 50.3 Å². The maximum atomic E-state index is 12.2. The fourth-order valence-corrected chi connectivity index (χ4v) is 8.41. The molecule has 1 unspecified atom stereocenters. The van der Waals surface area contributed by atoms with Crippen molar-refractivity contribution >= 4 is 11.9 Å². The average molecular weight is 885 g/mol. The van der Waals surface area contributed by atoms with E-state index in [1.165, 1.54) is 218 Å². The van der Waals surface area contributed by atoms with Crippen molar-refractivity contribution in [3.63, 3.8) is 0 Å². The topological polar surface area (TPSA) is 72.8 Å². The number of aliphatic hydroxyl groups is 1. The smallest absolute Gasteiger partial charge is 0.306 e. The molecule has 63 heavy (non-hydrogen) atoms. The van der Waals surface area contributed by atoms with E-state index in [-0.39, 0.29) is 25.2 Å². The molecular weight excluding hydrogens is 777 g/mol. The highest BCUT2D eigenvalue weighted by Gasteiger charge is 2.16. The monoisotopic (exact) mass is 885 g/mol. The van der Waals surface area contributed by atoms with Crippen LogP contribution in [0.15, 0.2) is 36.5 Å². The molecular formula is C58H108O5. The summed E-state index contributed by atoms with van der Waals surface area (Å²) in [7, 11) is 0. The number of hydrogen-bond acceptors (Lipinski definition) is 5. The number of unbranched alkanes of at least 4 members (excludes halogenated alkanes) is 38. The van der Waals surface area contributed by atoms with Gasteiger partial charge in [0, 0.05) is 12.8 Å². The van der Waals surface area contributed by atoms with Crippen LogP contribution in [0, 0.1) is 0 Å². The van der Waals surface area contributed by atoms with Crippen molar-refractivity contribution in [2.45, 2.75) is 309 Å². The zero-order valence-corrected chi connectivity index (χ0v) is 42.4. The normalized spacial score (nSPS) is 12.4. The molecule has 5 nitrogen and oxygen atoms in total. The Kier molecular flexibility index (Phi) is 52.8. The molecule has 0 aliphatic heterocycles. The van der Waals surface area contributed by atoms with E-state index in [1.807, 2.05) is 0 Å². The maximum absolute atomic E-state index is 12.2. The number of aliphatic hydroxyl groups excluding tert-OH is 1. The summed E-state index contributed by atoms with van der Waals surface area (Å²) >= 11 is 0. The molecule has 0 bridgehead atoms. The van der Waals surface area contributed by atoms with Gasteiger partial charge in [-0.1, -0.05) is 262 Å². The van der Waals surface area contributed by atoms with Gasteiger partial charge in [0.1, 0.15) is 6.61 Å². The predicted octanol–water partition coefficient (Wildman–Crippen LogP) is 18.7. The lowest BCUT2D eigenvalue weighted by atomic mass is 10.0. The summed E-state index contributed by atoms with van der Waals surface area (Å²) in [6.07, 6.45) is 70.2. The second-order valence-electron chi connectivity index (χ2n) is 19.0. The molecule has 0 heterocycles. The van der Waals surface area contributed by atoms with E-state index in [9.17, 15) is 14.7 Å². The van der Waals surface area contributed by atoms with Crippen LogP contribution in [0.4, 0.5) is 0 Å². The van der Waals surface area contributed by atoms with E-state index >= 15 is 0 Å². The van der Waals surface area contributed by atoms with Crippen LogP contribution in [-0.4, -0.2) is 36.4 Å². The van der Waals surface area contributed by atoms with Gasteiger partial charge < -0.3 is 14.6 Å². The third-order valence-corrected chi connectivity index (χ3v) is 12.6. The Balaban J connectivity index is 3.33. The van der Waals surface area contributed by atoms with E-state index in [0.717, 1.165) is 57.8 Å². The van der Waals surface area contributed by atoms with Crippen molar-refractivity contribution in [3.05, 3.63) is 36.5 Å². The predicted molar refractivity (Wildman–Crippen MR) is 274 cm³/mol. The molecule has 0 radical (unpaired) electrons. The van der Waals surface area contributed by atoms with Crippen molar-refractivity contribution in [2.75, 3.05) is 13.2 Å². The summed E-state index contributed by atoms with van der Waals surface area (Å²) < 4.78 is 10.6. The standard InChI is InChI=1S/C58H108O5/c1-3-5-7-9-11-13-15-16-17-18-19-20-21-22-23-24-25-26-27-28-29-30-31-32-33-34-35-36-37-38-39-40-41-42-43-45-47-49-51-53-58(61)63-56(54-59)55-62-57(60)52-50-48-46-44-14-12-10-8-6-4-2/h8,10,15-16,18-19,56,59H,3-7,9,11-14,17,20-55H2,1-2H3/b10-8-,16-15-,19-18-. The SMILES string of the molecule is CCC/C=C\CCCCCCCC(=O)OCC(CO)OC(=O)CCCCCCCCCCCCCCCCCCCCCCCCCCCCC/C=C\C/C=C\CCCCCCC. The molecule has 0 aromatic carbocycles. The van der Waals surface area contributed by atoms with Crippen LogP contribution in [0.25, 0.3) is 0 Å². The first-order valence-electron chi connectivity index (χ1n) is 28.0. The molecule has 0 aromatic rings. The number of hydrogen-bond donors (Lipinski definition) is 1. The van der Waals surface area contributed by atoms with Crippen molar-refractivity contribution in [1.82, 2.24) is 0 Å². The highest BCUT2D eigenvalue weighted by atomic mass is 16.6. The molecule has 0 spiro atoms. The molecule has 0 fully saturated rings. The van der Waals surface area contributed by atoms with Crippen LogP contribution in [0.3, 0.4) is 0 Å². The van der Waals surface area contributed by atoms with Gasteiger partial charge in [0.2, 0.25) is 0 Å². The summed E-state index contributed by atoms with van der Waals surface area (Å²) in [6, 6.07) is 0. The third-order valence-electron chi connectivity index (χ3n) is 12.6. The molecule has 0 aliphatic carbocycles. The summed E-state index contributed by atoms with van der Waals surface area (Å²) in [4.78, 5) is 24.3. The number of carbonyl (C=O) groups is 2. The molecule has 0 aromatic heterocycles. The van der Waals surface area contributed by atoms with Crippen LogP contribution in [0.5, 0.6) is 0 Å². The lowest BCUT2D eigenvalue weighted by Crippen LogP contribution is -2.28.